The van der Waals surface area contributed by atoms with Gasteiger partial charge in [-0.05, 0) is 79.1 Å². The molecule has 0 radical (unpaired) electrons. The van der Waals surface area contributed by atoms with Gasteiger partial charge in [0.1, 0.15) is 5.75 Å². The third kappa shape index (κ3) is 4.41. The van der Waals surface area contributed by atoms with Gasteiger partial charge in [0.15, 0.2) is 0 Å². The van der Waals surface area contributed by atoms with Gasteiger partial charge < -0.3 is 4.74 Å². The highest BCUT2D eigenvalue weighted by molar-refractivity contribution is 5.75. The van der Waals surface area contributed by atoms with Crippen LogP contribution in [0.25, 0.3) is 11.1 Å². The molecular weight excluding hydrogens is 292 g/mol. The quantitative estimate of drug-likeness (QED) is 0.485. The molecular formula is C23H32O. The van der Waals surface area contributed by atoms with E-state index in [1.165, 1.54) is 52.6 Å². The first kappa shape index (κ1) is 18.6. The molecule has 130 valence electrons. The Morgan fingerprint density at radius 2 is 1.58 bits per heavy atom. The van der Waals surface area contributed by atoms with Crippen LogP contribution in [-0.2, 0) is 6.42 Å². The summed E-state index contributed by atoms with van der Waals surface area (Å²) in [6.07, 6.45) is 6.05. The Morgan fingerprint density at radius 1 is 0.875 bits per heavy atom. The number of aryl methyl sites for hydroxylation is 3. The first-order chi connectivity index (χ1) is 11.6. The average molecular weight is 325 g/mol. The zero-order valence-electron chi connectivity index (χ0n) is 16.0. The summed E-state index contributed by atoms with van der Waals surface area (Å²) in [7, 11) is 0. The smallest absolute Gasteiger partial charge is 0.119 e. The van der Waals surface area contributed by atoms with E-state index < -0.39 is 0 Å². The normalized spacial score (nSPS) is 10.9. The van der Waals surface area contributed by atoms with Crippen LogP contribution in [0.4, 0.5) is 0 Å². The first-order valence-corrected chi connectivity index (χ1v) is 9.41. The summed E-state index contributed by atoms with van der Waals surface area (Å²) in [5, 5.41) is 0. The number of unbranched alkanes of at least 4 members (excludes halogenated alkanes) is 3. The van der Waals surface area contributed by atoms with Crippen molar-refractivity contribution in [2.45, 2.75) is 66.7 Å². The molecule has 2 aromatic carbocycles. The summed E-state index contributed by atoms with van der Waals surface area (Å²) in [6.45, 7) is 11.9. The van der Waals surface area contributed by atoms with Crippen LogP contribution in [0.1, 0.15) is 61.8 Å². The van der Waals surface area contributed by atoms with Crippen LogP contribution >= 0.6 is 0 Å². The molecule has 0 atom stereocenters. The maximum atomic E-state index is 5.98. The van der Waals surface area contributed by atoms with Crippen molar-refractivity contribution < 1.29 is 4.74 Å². The maximum absolute atomic E-state index is 5.98. The molecule has 0 heterocycles. The summed E-state index contributed by atoms with van der Waals surface area (Å²) in [5.41, 5.74) is 8.16. The van der Waals surface area contributed by atoms with Crippen molar-refractivity contribution >= 4 is 0 Å². The lowest BCUT2D eigenvalue weighted by atomic mass is 9.90. The molecule has 0 saturated carbocycles. The molecule has 0 aliphatic carbocycles. The second-order valence-corrected chi connectivity index (χ2v) is 6.78. The van der Waals surface area contributed by atoms with E-state index in [1.807, 2.05) is 0 Å². The van der Waals surface area contributed by atoms with Crippen molar-refractivity contribution in [3.8, 4) is 16.9 Å². The van der Waals surface area contributed by atoms with E-state index in [9.17, 15) is 0 Å². The molecule has 1 nitrogen and oxygen atoms in total. The predicted molar refractivity (Wildman–Crippen MR) is 105 cm³/mol. The van der Waals surface area contributed by atoms with Crippen molar-refractivity contribution in [1.82, 2.24) is 0 Å². The molecule has 0 spiro atoms. The van der Waals surface area contributed by atoms with E-state index >= 15 is 0 Å². The zero-order chi connectivity index (χ0) is 17.5. The highest BCUT2D eigenvalue weighted by Gasteiger charge is 2.12. The highest BCUT2D eigenvalue weighted by Crippen LogP contribution is 2.34. The third-order valence-corrected chi connectivity index (χ3v) is 4.87. The molecule has 0 aliphatic heterocycles. The minimum atomic E-state index is 0.822. The molecule has 2 rings (SSSR count). The number of ether oxygens (including phenoxy) is 1. The van der Waals surface area contributed by atoms with Gasteiger partial charge in [-0.2, -0.15) is 0 Å². The average Bonchev–Trinajstić information content (AvgIpc) is 2.55. The Kier molecular flexibility index (Phi) is 6.90. The number of rotatable bonds is 8. The minimum absolute atomic E-state index is 0.822. The topological polar surface area (TPSA) is 9.23 Å². The Hall–Kier alpha value is -1.76. The second-order valence-electron chi connectivity index (χ2n) is 6.78. The number of hydrogen-bond acceptors (Lipinski definition) is 1. The molecule has 0 amide bonds. The summed E-state index contributed by atoms with van der Waals surface area (Å²) < 4.78 is 5.98. The largest absolute Gasteiger partial charge is 0.494 e. The van der Waals surface area contributed by atoms with E-state index in [0.717, 1.165) is 25.2 Å². The fraction of sp³-hybridized carbons (Fsp3) is 0.478. The van der Waals surface area contributed by atoms with Gasteiger partial charge in [-0.1, -0.05) is 51.3 Å². The van der Waals surface area contributed by atoms with Crippen molar-refractivity contribution in [3.63, 3.8) is 0 Å². The van der Waals surface area contributed by atoms with Gasteiger partial charge >= 0.3 is 0 Å². The molecule has 0 unspecified atom stereocenters. The van der Waals surface area contributed by atoms with Gasteiger partial charge in [0, 0.05) is 0 Å². The lowest BCUT2D eigenvalue weighted by Crippen LogP contribution is -2.00. The van der Waals surface area contributed by atoms with Crippen LogP contribution in [0.3, 0.4) is 0 Å². The van der Waals surface area contributed by atoms with Crippen molar-refractivity contribution in [2.75, 3.05) is 6.61 Å². The van der Waals surface area contributed by atoms with Crippen LogP contribution in [-0.4, -0.2) is 6.61 Å². The van der Waals surface area contributed by atoms with Crippen molar-refractivity contribution in [1.29, 1.82) is 0 Å². The standard InChI is InChI=1S/C23H32O/c1-6-8-9-10-14-24-21-15-17(3)23(18(4)16-21)22-13-11-12-20(7-2)19(22)5/h11-13,15-16H,6-10,14H2,1-5H3. The van der Waals surface area contributed by atoms with Crippen molar-refractivity contribution in [2.24, 2.45) is 0 Å². The highest BCUT2D eigenvalue weighted by atomic mass is 16.5. The molecule has 2 aromatic rings. The summed E-state index contributed by atoms with van der Waals surface area (Å²) in [4.78, 5) is 0. The van der Waals surface area contributed by atoms with Gasteiger partial charge in [0.05, 0.1) is 6.61 Å². The van der Waals surface area contributed by atoms with Crippen LogP contribution in [0.2, 0.25) is 0 Å². The van der Waals surface area contributed by atoms with Gasteiger partial charge in [-0.25, -0.2) is 0 Å². The van der Waals surface area contributed by atoms with E-state index in [4.69, 9.17) is 4.74 Å². The molecule has 24 heavy (non-hydrogen) atoms. The van der Waals surface area contributed by atoms with Gasteiger partial charge in [0.2, 0.25) is 0 Å². The fourth-order valence-electron chi connectivity index (χ4n) is 3.49. The lowest BCUT2D eigenvalue weighted by molar-refractivity contribution is 0.305. The summed E-state index contributed by atoms with van der Waals surface area (Å²) in [5.74, 6) is 1.01. The Labute approximate surface area is 148 Å². The van der Waals surface area contributed by atoms with Gasteiger partial charge in [-0.15, -0.1) is 0 Å². The number of benzene rings is 2. The van der Waals surface area contributed by atoms with Crippen LogP contribution in [0.15, 0.2) is 30.3 Å². The van der Waals surface area contributed by atoms with E-state index in [-0.39, 0.29) is 0 Å². The van der Waals surface area contributed by atoms with E-state index in [2.05, 4.69) is 65.0 Å². The van der Waals surface area contributed by atoms with Crippen LogP contribution in [0.5, 0.6) is 5.75 Å². The molecule has 0 bridgehead atoms. The Bertz CT molecular complexity index is 647. The summed E-state index contributed by atoms with van der Waals surface area (Å²) in [6, 6.07) is 11.0. The van der Waals surface area contributed by atoms with E-state index in [0.29, 0.717) is 0 Å². The van der Waals surface area contributed by atoms with Gasteiger partial charge in [-0.3, -0.25) is 0 Å². The second kappa shape index (κ2) is 8.92. The van der Waals surface area contributed by atoms with Crippen molar-refractivity contribution in [3.05, 3.63) is 52.6 Å². The molecule has 0 fully saturated rings. The Balaban J connectivity index is 2.21. The monoisotopic (exact) mass is 324 g/mol. The zero-order valence-corrected chi connectivity index (χ0v) is 16.0. The lowest BCUT2D eigenvalue weighted by Gasteiger charge is -2.17. The van der Waals surface area contributed by atoms with Crippen LogP contribution in [0, 0.1) is 20.8 Å². The first-order valence-electron chi connectivity index (χ1n) is 9.41. The summed E-state index contributed by atoms with van der Waals surface area (Å²) >= 11 is 0. The van der Waals surface area contributed by atoms with Gasteiger partial charge in [0.25, 0.3) is 0 Å². The maximum Gasteiger partial charge on any atom is 0.119 e. The Morgan fingerprint density at radius 3 is 2.21 bits per heavy atom. The minimum Gasteiger partial charge on any atom is -0.494 e. The van der Waals surface area contributed by atoms with Crippen LogP contribution < -0.4 is 4.74 Å². The molecule has 0 aliphatic rings. The fourth-order valence-corrected chi connectivity index (χ4v) is 3.49. The SMILES string of the molecule is CCCCCCOc1cc(C)c(-c2cccc(CC)c2C)c(C)c1. The van der Waals surface area contributed by atoms with E-state index in [1.54, 1.807) is 0 Å². The molecule has 0 N–H and O–H groups in total. The molecule has 0 saturated heterocycles. The third-order valence-electron chi connectivity index (χ3n) is 4.87. The number of hydrogen-bond donors (Lipinski definition) is 0. The predicted octanol–water partition coefficient (Wildman–Crippen LogP) is 6.80. The molecule has 1 heteroatoms. The molecule has 0 aromatic heterocycles.